The largest absolute Gasteiger partial charge is 0.497 e. The van der Waals surface area contributed by atoms with E-state index in [1.54, 1.807) is 25.3 Å². The molecule has 2 rings (SSSR count). The summed E-state index contributed by atoms with van der Waals surface area (Å²) in [7, 11) is 1.55. The summed E-state index contributed by atoms with van der Waals surface area (Å²) in [5.74, 6) is 0.340. The predicted octanol–water partition coefficient (Wildman–Crippen LogP) is 3.30. The third-order valence-electron chi connectivity index (χ3n) is 2.94. The fourth-order valence-corrected chi connectivity index (χ4v) is 1.96. The highest BCUT2D eigenvalue weighted by Gasteiger charge is 2.09. The molecular weight excluding hydrogens is 231 g/mol. The summed E-state index contributed by atoms with van der Waals surface area (Å²) in [5, 5.41) is 9.07. The van der Waals surface area contributed by atoms with Crippen molar-refractivity contribution >= 4 is 0 Å². The molecule has 0 fully saturated rings. The molecule has 2 aromatic rings. The average Bonchev–Trinajstić information content (AvgIpc) is 2.39. The molecule has 0 aliphatic heterocycles. The van der Waals surface area contributed by atoms with Crippen LogP contribution in [0.2, 0.25) is 0 Å². The molecule has 3 heteroatoms. The van der Waals surface area contributed by atoms with E-state index in [1.165, 1.54) is 6.07 Å². The van der Waals surface area contributed by atoms with Crippen LogP contribution >= 0.6 is 0 Å². The van der Waals surface area contributed by atoms with Crippen LogP contribution in [-0.2, 0) is 6.61 Å². The number of hydrogen-bond donors (Lipinski definition) is 1. The second kappa shape index (κ2) is 5.19. The Kier molecular flexibility index (Phi) is 3.63. The van der Waals surface area contributed by atoms with Crippen molar-refractivity contribution in [2.75, 3.05) is 7.11 Å². The van der Waals surface area contributed by atoms with E-state index in [2.05, 4.69) is 0 Å². The quantitative estimate of drug-likeness (QED) is 0.900. The first-order chi connectivity index (χ1) is 8.65. The van der Waals surface area contributed by atoms with Gasteiger partial charge >= 0.3 is 0 Å². The molecule has 0 spiro atoms. The molecule has 2 aromatic carbocycles. The van der Waals surface area contributed by atoms with Crippen LogP contribution in [0.25, 0.3) is 11.1 Å². The molecule has 0 radical (unpaired) electrons. The van der Waals surface area contributed by atoms with Crippen LogP contribution in [-0.4, -0.2) is 12.2 Å². The van der Waals surface area contributed by atoms with Gasteiger partial charge in [-0.2, -0.15) is 0 Å². The van der Waals surface area contributed by atoms with E-state index in [0.717, 1.165) is 16.7 Å². The van der Waals surface area contributed by atoms with Gasteiger partial charge in [0.2, 0.25) is 0 Å². The molecule has 18 heavy (non-hydrogen) atoms. The van der Waals surface area contributed by atoms with Gasteiger partial charge in [0.15, 0.2) is 0 Å². The van der Waals surface area contributed by atoms with Crippen LogP contribution in [0, 0.1) is 12.7 Å². The van der Waals surface area contributed by atoms with Crippen molar-refractivity contribution in [3.8, 4) is 16.9 Å². The van der Waals surface area contributed by atoms with Crippen molar-refractivity contribution < 1.29 is 14.2 Å². The summed E-state index contributed by atoms with van der Waals surface area (Å²) in [5.41, 5.74) is 3.06. The molecule has 1 N–H and O–H groups in total. The number of aliphatic hydroxyl groups is 1. The number of halogens is 1. The number of benzene rings is 2. The molecule has 0 aromatic heterocycles. The summed E-state index contributed by atoms with van der Waals surface area (Å²) < 4.78 is 19.0. The molecule has 2 nitrogen and oxygen atoms in total. The van der Waals surface area contributed by atoms with E-state index in [0.29, 0.717) is 11.3 Å². The van der Waals surface area contributed by atoms with Crippen molar-refractivity contribution in [3.05, 3.63) is 53.3 Å². The minimum atomic E-state index is -0.282. The second-order valence-corrected chi connectivity index (χ2v) is 4.15. The van der Waals surface area contributed by atoms with E-state index >= 15 is 0 Å². The zero-order valence-electron chi connectivity index (χ0n) is 10.4. The predicted molar refractivity (Wildman–Crippen MR) is 69.0 cm³/mol. The second-order valence-electron chi connectivity index (χ2n) is 4.15. The number of ether oxygens (including phenoxy) is 1. The Morgan fingerprint density at radius 1 is 1.11 bits per heavy atom. The molecule has 0 amide bonds. The number of aryl methyl sites for hydroxylation is 1. The Morgan fingerprint density at radius 2 is 1.89 bits per heavy atom. The SMILES string of the molecule is COc1ccc(F)c(-c2ccc(CO)cc2C)c1. The van der Waals surface area contributed by atoms with Gasteiger partial charge in [-0.3, -0.25) is 0 Å². The molecule has 0 unspecified atom stereocenters. The molecule has 0 bridgehead atoms. The summed E-state index contributed by atoms with van der Waals surface area (Å²) in [6, 6.07) is 10.1. The number of hydrogen-bond acceptors (Lipinski definition) is 2. The van der Waals surface area contributed by atoms with Crippen LogP contribution in [0.3, 0.4) is 0 Å². The smallest absolute Gasteiger partial charge is 0.131 e. The topological polar surface area (TPSA) is 29.5 Å². The van der Waals surface area contributed by atoms with E-state index in [1.807, 2.05) is 19.1 Å². The minimum absolute atomic E-state index is 0.0122. The van der Waals surface area contributed by atoms with Gasteiger partial charge in [0.1, 0.15) is 11.6 Å². The zero-order valence-corrected chi connectivity index (χ0v) is 10.4. The highest BCUT2D eigenvalue weighted by Crippen LogP contribution is 2.30. The van der Waals surface area contributed by atoms with Crippen molar-refractivity contribution in [2.45, 2.75) is 13.5 Å². The number of rotatable bonds is 3. The summed E-state index contributed by atoms with van der Waals surface area (Å²) in [4.78, 5) is 0. The maximum absolute atomic E-state index is 13.8. The summed E-state index contributed by atoms with van der Waals surface area (Å²) in [6.45, 7) is 1.88. The van der Waals surface area contributed by atoms with Gasteiger partial charge in [-0.1, -0.05) is 18.2 Å². The van der Waals surface area contributed by atoms with Crippen molar-refractivity contribution in [2.24, 2.45) is 0 Å². The molecule has 0 aliphatic carbocycles. The van der Waals surface area contributed by atoms with Gasteiger partial charge in [-0.15, -0.1) is 0 Å². The molecular formula is C15H15FO2. The molecule has 0 saturated heterocycles. The van der Waals surface area contributed by atoms with E-state index in [4.69, 9.17) is 9.84 Å². The lowest BCUT2D eigenvalue weighted by molar-refractivity contribution is 0.282. The third kappa shape index (κ3) is 2.36. The van der Waals surface area contributed by atoms with Crippen LogP contribution in [0.5, 0.6) is 5.75 Å². The lowest BCUT2D eigenvalue weighted by Crippen LogP contribution is -1.92. The van der Waals surface area contributed by atoms with Gasteiger partial charge in [-0.25, -0.2) is 4.39 Å². The van der Waals surface area contributed by atoms with Crippen LogP contribution in [0.15, 0.2) is 36.4 Å². The standard InChI is InChI=1S/C15H15FO2/c1-10-7-11(9-17)3-5-13(10)14-8-12(18-2)4-6-15(14)16/h3-8,17H,9H2,1-2H3. The molecule has 0 saturated carbocycles. The Labute approximate surface area is 106 Å². The first-order valence-electron chi connectivity index (χ1n) is 5.70. The molecule has 0 atom stereocenters. The van der Waals surface area contributed by atoms with Gasteiger partial charge in [0.05, 0.1) is 13.7 Å². The molecule has 0 aliphatic rings. The highest BCUT2D eigenvalue weighted by molar-refractivity contribution is 5.69. The Hall–Kier alpha value is -1.87. The van der Waals surface area contributed by atoms with Gasteiger partial charge in [-0.05, 0) is 41.8 Å². The van der Waals surface area contributed by atoms with Crippen molar-refractivity contribution in [1.29, 1.82) is 0 Å². The van der Waals surface area contributed by atoms with Gasteiger partial charge in [0.25, 0.3) is 0 Å². The minimum Gasteiger partial charge on any atom is -0.497 e. The van der Waals surface area contributed by atoms with E-state index < -0.39 is 0 Å². The first-order valence-corrected chi connectivity index (χ1v) is 5.70. The van der Waals surface area contributed by atoms with Crippen LogP contribution < -0.4 is 4.74 Å². The maximum Gasteiger partial charge on any atom is 0.131 e. The summed E-state index contributed by atoms with van der Waals surface area (Å²) in [6.07, 6.45) is 0. The molecule has 94 valence electrons. The van der Waals surface area contributed by atoms with Gasteiger partial charge < -0.3 is 9.84 Å². The fourth-order valence-electron chi connectivity index (χ4n) is 1.96. The Morgan fingerprint density at radius 3 is 2.50 bits per heavy atom. The maximum atomic E-state index is 13.8. The van der Waals surface area contributed by atoms with Crippen molar-refractivity contribution in [3.63, 3.8) is 0 Å². The highest BCUT2D eigenvalue weighted by atomic mass is 19.1. The summed E-state index contributed by atoms with van der Waals surface area (Å²) >= 11 is 0. The first kappa shape index (κ1) is 12.6. The lowest BCUT2D eigenvalue weighted by atomic mass is 9.98. The monoisotopic (exact) mass is 246 g/mol. The Bertz CT molecular complexity index is 564. The zero-order chi connectivity index (χ0) is 13.1. The lowest BCUT2D eigenvalue weighted by Gasteiger charge is -2.10. The van der Waals surface area contributed by atoms with Gasteiger partial charge in [0, 0.05) is 5.56 Å². The van der Waals surface area contributed by atoms with E-state index in [-0.39, 0.29) is 12.4 Å². The normalized spacial score (nSPS) is 10.4. The fraction of sp³-hybridized carbons (Fsp3) is 0.200. The number of methoxy groups -OCH3 is 1. The molecule has 0 heterocycles. The van der Waals surface area contributed by atoms with Crippen LogP contribution in [0.4, 0.5) is 4.39 Å². The number of aliphatic hydroxyl groups excluding tert-OH is 1. The Balaban J connectivity index is 2.54. The van der Waals surface area contributed by atoms with Crippen LogP contribution in [0.1, 0.15) is 11.1 Å². The third-order valence-corrected chi connectivity index (χ3v) is 2.94. The average molecular weight is 246 g/mol. The van der Waals surface area contributed by atoms with E-state index in [9.17, 15) is 4.39 Å². The van der Waals surface area contributed by atoms with Crippen molar-refractivity contribution in [1.82, 2.24) is 0 Å².